The van der Waals surface area contributed by atoms with Crippen LogP contribution in [0, 0.1) is 13.8 Å². The summed E-state index contributed by atoms with van der Waals surface area (Å²) in [7, 11) is 0. The van der Waals surface area contributed by atoms with E-state index in [1.807, 2.05) is 37.3 Å². The normalized spacial score (nSPS) is 10.4. The number of rotatable bonds is 3. The molecule has 0 bridgehead atoms. The molecule has 1 N–H and O–H groups in total. The van der Waals surface area contributed by atoms with Crippen LogP contribution in [0.4, 0.5) is 5.69 Å². The molecule has 0 spiro atoms. The number of carbonyl (C=O) groups is 1. The summed E-state index contributed by atoms with van der Waals surface area (Å²) in [6.07, 6.45) is 0.980. The Morgan fingerprint density at radius 2 is 2.06 bits per heavy atom. The maximum Gasteiger partial charge on any atom is 0.265 e. The van der Waals surface area contributed by atoms with Gasteiger partial charge in [0.2, 0.25) is 0 Å². The highest BCUT2D eigenvalue weighted by atomic mass is 32.1. The molecule has 0 saturated carbocycles. The molecule has 3 heteroatoms. The van der Waals surface area contributed by atoms with Crippen LogP contribution in [0.25, 0.3) is 0 Å². The largest absolute Gasteiger partial charge is 0.321 e. The van der Waals surface area contributed by atoms with E-state index in [1.165, 1.54) is 10.4 Å². The standard InChI is InChI=1S/C15H17NOS/c1-4-13-11(3)9-14(18-13)15(17)16-12-7-5-6-10(2)8-12/h5-9H,4H2,1-3H3,(H,16,17). The van der Waals surface area contributed by atoms with Crippen molar-refractivity contribution in [3.05, 3.63) is 51.2 Å². The van der Waals surface area contributed by atoms with Gasteiger partial charge in [0.1, 0.15) is 0 Å². The Bertz CT molecular complexity index is 572. The summed E-state index contributed by atoms with van der Waals surface area (Å²) < 4.78 is 0. The minimum absolute atomic E-state index is 0.0200. The number of nitrogens with one attached hydrogen (secondary N) is 1. The van der Waals surface area contributed by atoms with Crippen molar-refractivity contribution in [2.24, 2.45) is 0 Å². The van der Waals surface area contributed by atoms with Gasteiger partial charge in [-0.05, 0) is 49.6 Å². The summed E-state index contributed by atoms with van der Waals surface area (Å²) in [5.74, 6) is -0.0200. The zero-order valence-corrected chi connectivity index (χ0v) is 11.7. The lowest BCUT2D eigenvalue weighted by Gasteiger charge is -2.04. The van der Waals surface area contributed by atoms with Crippen LogP contribution in [0.3, 0.4) is 0 Å². The molecule has 1 amide bonds. The molecule has 0 radical (unpaired) electrons. The third kappa shape index (κ3) is 2.79. The van der Waals surface area contributed by atoms with Crippen LogP contribution < -0.4 is 5.32 Å². The Labute approximate surface area is 112 Å². The molecule has 0 aliphatic rings. The zero-order chi connectivity index (χ0) is 13.1. The number of aryl methyl sites for hydroxylation is 3. The van der Waals surface area contributed by atoms with Gasteiger partial charge in [-0.3, -0.25) is 4.79 Å². The number of thiophene rings is 1. The van der Waals surface area contributed by atoms with E-state index in [9.17, 15) is 4.79 Å². The molecule has 2 aromatic rings. The Kier molecular flexibility index (Phi) is 3.82. The second-order valence-corrected chi connectivity index (χ2v) is 5.53. The van der Waals surface area contributed by atoms with E-state index in [-0.39, 0.29) is 5.91 Å². The fourth-order valence-electron chi connectivity index (χ4n) is 1.90. The predicted molar refractivity (Wildman–Crippen MR) is 77.6 cm³/mol. The molecule has 0 aliphatic carbocycles. The van der Waals surface area contributed by atoms with Gasteiger partial charge in [-0.1, -0.05) is 19.1 Å². The average Bonchev–Trinajstić information content (AvgIpc) is 2.70. The summed E-state index contributed by atoms with van der Waals surface area (Å²) in [6, 6.07) is 9.81. The molecule has 94 valence electrons. The van der Waals surface area contributed by atoms with Crippen molar-refractivity contribution in [2.45, 2.75) is 27.2 Å². The smallest absolute Gasteiger partial charge is 0.265 e. The Morgan fingerprint density at radius 1 is 1.28 bits per heavy atom. The van der Waals surface area contributed by atoms with Gasteiger partial charge in [-0.25, -0.2) is 0 Å². The molecule has 0 fully saturated rings. The molecule has 0 unspecified atom stereocenters. The SMILES string of the molecule is CCc1sc(C(=O)Nc2cccc(C)c2)cc1C. The van der Waals surface area contributed by atoms with Crippen molar-refractivity contribution in [2.75, 3.05) is 5.32 Å². The number of amides is 1. The molecular weight excluding hydrogens is 242 g/mol. The average molecular weight is 259 g/mol. The van der Waals surface area contributed by atoms with Gasteiger partial charge >= 0.3 is 0 Å². The van der Waals surface area contributed by atoms with Crippen LogP contribution in [0.2, 0.25) is 0 Å². The Morgan fingerprint density at radius 3 is 2.67 bits per heavy atom. The molecule has 2 rings (SSSR count). The van der Waals surface area contributed by atoms with Crippen molar-refractivity contribution in [1.29, 1.82) is 0 Å². The van der Waals surface area contributed by atoms with Gasteiger partial charge in [0.15, 0.2) is 0 Å². The lowest BCUT2D eigenvalue weighted by atomic mass is 10.2. The summed E-state index contributed by atoms with van der Waals surface area (Å²) in [4.78, 5) is 14.2. The molecular formula is C15H17NOS. The first kappa shape index (κ1) is 12.8. The zero-order valence-electron chi connectivity index (χ0n) is 10.9. The second-order valence-electron chi connectivity index (χ2n) is 4.39. The molecule has 0 aliphatic heterocycles. The number of benzene rings is 1. The summed E-state index contributed by atoms with van der Waals surface area (Å²) in [6.45, 7) is 6.18. The van der Waals surface area contributed by atoms with Crippen molar-refractivity contribution in [3.63, 3.8) is 0 Å². The fourth-order valence-corrected chi connectivity index (χ4v) is 2.91. The minimum atomic E-state index is -0.0200. The molecule has 2 nitrogen and oxygen atoms in total. The highest BCUT2D eigenvalue weighted by molar-refractivity contribution is 7.14. The van der Waals surface area contributed by atoms with Crippen LogP contribution in [-0.4, -0.2) is 5.91 Å². The molecule has 0 atom stereocenters. The molecule has 1 aromatic heterocycles. The van der Waals surface area contributed by atoms with E-state index < -0.39 is 0 Å². The van der Waals surface area contributed by atoms with E-state index >= 15 is 0 Å². The second kappa shape index (κ2) is 5.36. The first-order valence-corrected chi connectivity index (χ1v) is 6.89. The van der Waals surface area contributed by atoms with E-state index in [1.54, 1.807) is 11.3 Å². The highest BCUT2D eigenvalue weighted by Crippen LogP contribution is 2.23. The first-order chi connectivity index (χ1) is 8.60. The van der Waals surface area contributed by atoms with Gasteiger partial charge in [-0.15, -0.1) is 11.3 Å². The summed E-state index contributed by atoms with van der Waals surface area (Å²) in [5.41, 5.74) is 3.20. The number of carbonyl (C=O) groups excluding carboxylic acids is 1. The Balaban J connectivity index is 2.16. The van der Waals surface area contributed by atoms with Crippen molar-refractivity contribution in [3.8, 4) is 0 Å². The maximum absolute atomic E-state index is 12.1. The van der Waals surface area contributed by atoms with Crippen LogP contribution in [0.1, 0.15) is 32.6 Å². The molecule has 18 heavy (non-hydrogen) atoms. The first-order valence-electron chi connectivity index (χ1n) is 6.07. The monoisotopic (exact) mass is 259 g/mol. The van der Waals surface area contributed by atoms with Crippen LogP contribution in [-0.2, 0) is 6.42 Å². The van der Waals surface area contributed by atoms with Gasteiger partial charge in [-0.2, -0.15) is 0 Å². The summed E-state index contributed by atoms with van der Waals surface area (Å²) in [5, 5.41) is 2.94. The van der Waals surface area contributed by atoms with Crippen molar-refractivity contribution in [1.82, 2.24) is 0 Å². The number of hydrogen-bond acceptors (Lipinski definition) is 2. The van der Waals surface area contributed by atoms with Crippen molar-refractivity contribution < 1.29 is 4.79 Å². The topological polar surface area (TPSA) is 29.1 Å². The van der Waals surface area contributed by atoms with Crippen LogP contribution in [0.15, 0.2) is 30.3 Å². The van der Waals surface area contributed by atoms with Gasteiger partial charge in [0, 0.05) is 10.6 Å². The van der Waals surface area contributed by atoms with Crippen LogP contribution in [0.5, 0.6) is 0 Å². The minimum Gasteiger partial charge on any atom is -0.321 e. The lowest BCUT2D eigenvalue weighted by molar-refractivity contribution is 0.103. The molecule has 1 aromatic carbocycles. The highest BCUT2D eigenvalue weighted by Gasteiger charge is 2.11. The van der Waals surface area contributed by atoms with Gasteiger partial charge in [0.25, 0.3) is 5.91 Å². The summed E-state index contributed by atoms with van der Waals surface area (Å²) >= 11 is 1.58. The third-order valence-electron chi connectivity index (χ3n) is 2.84. The molecule has 1 heterocycles. The van der Waals surface area contributed by atoms with E-state index in [0.717, 1.165) is 22.5 Å². The van der Waals surface area contributed by atoms with Crippen LogP contribution >= 0.6 is 11.3 Å². The number of anilines is 1. The third-order valence-corrected chi connectivity index (χ3v) is 4.22. The number of hydrogen-bond donors (Lipinski definition) is 1. The Hall–Kier alpha value is -1.61. The van der Waals surface area contributed by atoms with Gasteiger partial charge < -0.3 is 5.32 Å². The lowest BCUT2D eigenvalue weighted by Crippen LogP contribution is -2.10. The van der Waals surface area contributed by atoms with Gasteiger partial charge in [0.05, 0.1) is 4.88 Å². The van der Waals surface area contributed by atoms with E-state index in [4.69, 9.17) is 0 Å². The predicted octanol–water partition coefficient (Wildman–Crippen LogP) is 4.18. The van der Waals surface area contributed by atoms with E-state index in [2.05, 4.69) is 19.2 Å². The van der Waals surface area contributed by atoms with Crippen molar-refractivity contribution >= 4 is 22.9 Å². The molecule has 0 saturated heterocycles. The quantitative estimate of drug-likeness (QED) is 0.880. The fraction of sp³-hybridized carbons (Fsp3) is 0.267. The maximum atomic E-state index is 12.1. The van der Waals surface area contributed by atoms with E-state index in [0.29, 0.717) is 0 Å².